The number of aliphatic hydroxyl groups is 1. The zero-order valence-electron chi connectivity index (χ0n) is 11.6. The number of aryl methyl sites for hydroxylation is 1. The number of benzene rings is 2. The predicted octanol–water partition coefficient (Wildman–Crippen LogP) is 2.88. The fraction of sp³-hybridized carbons (Fsp3) is 0.188. The molecule has 0 aliphatic rings. The molecular formula is C16H18N2O2. The second-order valence-electron chi connectivity index (χ2n) is 4.82. The Morgan fingerprint density at radius 3 is 2.40 bits per heavy atom. The monoisotopic (exact) mass is 270 g/mol. The van der Waals surface area contributed by atoms with Gasteiger partial charge in [-0.05, 0) is 55.3 Å². The van der Waals surface area contributed by atoms with Crippen LogP contribution in [0.4, 0.5) is 11.4 Å². The molecule has 0 aliphatic carbocycles. The van der Waals surface area contributed by atoms with Gasteiger partial charge in [-0.25, -0.2) is 0 Å². The van der Waals surface area contributed by atoms with Gasteiger partial charge in [-0.3, -0.25) is 4.79 Å². The average Bonchev–Trinajstić information content (AvgIpc) is 2.42. The molecular weight excluding hydrogens is 252 g/mol. The second-order valence-corrected chi connectivity index (χ2v) is 4.82. The van der Waals surface area contributed by atoms with E-state index in [0.29, 0.717) is 16.9 Å². The number of carbonyl (C=O) groups excluding carboxylic acids is 1. The van der Waals surface area contributed by atoms with Gasteiger partial charge in [0.05, 0.1) is 6.10 Å². The zero-order chi connectivity index (χ0) is 14.7. The zero-order valence-corrected chi connectivity index (χ0v) is 11.6. The highest BCUT2D eigenvalue weighted by atomic mass is 16.3. The van der Waals surface area contributed by atoms with E-state index < -0.39 is 6.10 Å². The van der Waals surface area contributed by atoms with Crippen molar-refractivity contribution in [1.82, 2.24) is 0 Å². The number of nitrogens with two attached hydrogens (primary N) is 1. The minimum Gasteiger partial charge on any atom is -0.399 e. The number of rotatable bonds is 3. The van der Waals surface area contributed by atoms with Gasteiger partial charge in [0.15, 0.2) is 0 Å². The van der Waals surface area contributed by atoms with Gasteiger partial charge < -0.3 is 16.2 Å². The molecule has 4 nitrogen and oxygen atoms in total. The van der Waals surface area contributed by atoms with Crippen LogP contribution in [0, 0.1) is 6.92 Å². The lowest BCUT2D eigenvalue weighted by Crippen LogP contribution is -2.12. The van der Waals surface area contributed by atoms with Crippen LogP contribution in [0.2, 0.25) is 0 Å². The third kappa shape index (κ3) is 3.16. The largest absolute Gasteiger partial charge is 0.399 e. The van der Waals surface area contributed by atoms with Crippen molar-refractivity contribution in [3.63, 3.8) is 0 Å². The second kappa shape index (κ2) is 5.75. The van der Waals surface area contributed by atoms with Crippen molar-refractivity contribution in [3.05, 3.63) is 59.2 Å². The molecule has 1 amide bonds. The Morgan fingerprint density at radius 1 is 1.20 bits per heavy atom. The lowest BCUT2D eigenvalue weighted by molar-refractivity contribution is 0.102. The van der Waals surface area contributed by atoms with Crippen molar-refractivity contribution in [2.24, 2.45) is 0 Å². The molecule has 0 saturated heterocycles. The van der Waals surface area contributed by atoms with Crippen molar-refractivity contribution in [1.29, 1.82) is 0 Å². The molecule has 2 rings (SSSR count). The van der Waals surface area contributed by atoms with Gasteiger partial charge in [-0.2, -0.15) is 0 Å². The summed E-state index contributed by atoms with van der Waals surface area (Å²) in [5.41, 5.74) is 9.34. The molecule has 20 heavy (non-hydrogen) atoms. The maximum atomic E-state index is 12.1. The Balaban J connectivity index is 2.12. The van der Waals surface area contributed by atoms with Crippen LogP contribution in [0.1, 0.15) is 34.5 Å². The van der Waals surface area contributed by atoms with Crippen LogP contribution >= 0.6 is 0 Å². The molecule has 2 aromatic rings. The first-order chi connectivity index (χ1) is 9.47. The standard InChI is InChI=1S/C16H18N2O2/c1-10-9-13(5-8-15(10)17)16(20)18-14-6-3-12(4-7-14)11(2)19/h3-9,11,19H,17H2,1-2H3,(H,18,20). The number of hydrogen-bond donors (Lipinski definition) is 3. The first kappa shape index (κ1) is 14.1. The van der Waals surface area contributed by atoms with Crippen LogP contribution in [-0.2, 0) is 0 Å². The third-order valence-corrected chi connectivity index (χ3v) is 3.18. The number of anilines is 2. The maximum Gasteiger partial charge on any atom is 0.255 e. The Kier molecular flexibility index (Phi) is 4.05. The van der Waals surface area contributed by atoms with Crippen molar-refractivity contribution >= 4 is 17.3 Å². The number of nitrogen functional groups attached to an aromatic ring is 1. The van der Waals surface area contributed by atoms with Crippen LogP contribution < -0.4 is 11.1 Å². The summed E-state index contributed by atoms with van der Waals surface area (Å²) in [7, 11) is 0. The smallest absolute Gasteiger partial charge is 0.255 e. The summed E-state index contributed by atoms with van der Waals surface area (Å²) in [4.78, 5) is 12.1. The summed E-state index contributed by atoms with van der Waals surface area (Å²) < 4.78 is 0. The van der Waals surface area contributed by atoms with E-state index in [2.05, 4.69) is 5.32 Å². The highest BCUT2D eigenvalue weighted by molar-refractivity contribution is 6.04. The van der Waals surface area contributed by atoms with E-state index in [4.69, 9.17) is 5.73 Å². The molecule has 2 aromatic carbocycles. The Bertz CT molecular complexity index is 619. The highest BCUT2D eigenvalue weighted by Crippen LogP contribution is 2.17. The van der Waals surface area contributed by atoms with Crippen molar-refractivity contribution in [2.75, 3.05) is 11.1 Å². The predicted molar refractivity (Wildman–Crippen MR) is 80.6 cm³/mol. The summed E-state index contributed by atoms with van der Waals surface area (Å²) in [6.07, 6.45) is -0.514. The summed E-state index contributed by atoms with van der Waals surface area (Å²) >= 11 is 0. The normalized spacial score (nSPS) is 11.9. The first-order valence-corrected chi connectivity index (χ1v) is 6.43. The molecule has 0 aliphatic heterocycles. The Morgan fingerprint density at radius 2 is 1.85 bits per heavy atom. The molecule has 0 bridgehead atoms. The molecule has 1 unspecified atom stereocenters. The van der Waals surface area contributed by atoms with Crippen LogP contribution in [-0.4, -0.2) is 11.0 Å². The number of hydrogen-bond acceptors (Lipinski definition) is 3. The molecule has 0 fully saturated rings. The summed E-state index contributed by atoms with van der Waals surface area (Å²) in [6, 6.07) is 12.3. The van der Waals surface area contributed by atoms with E-state index in [9.17, 15) is 9.90 Å². The maximum absolute atomic E-state index is 12.1. The fourth-order valence-electron chi connectivity index (χ4n) is 1.87. The fourth-order valence-corrected chi connectivity index (χ4v) is 1.87. The number of amides is 1. The number of nitrogens with one attached hydrogen (secondary N) is 1. The first-order valence-electron chi connectivity index (χ1n) is 6.43. The SMILES string of the molecule is Cc1cc(C(=O)Nc2ccc(C(C)O)cc2)ccc1N. The van der Waals surface area contributed by atoms with Gasteiger partial charge in [0.1, 0.15) is 0 Å². The molecule has 0 heterocycles. The molecule has 1 atom stereocenters. The van der Waals surface area contributed by atoms with Gasteiger partial charge in [-0.1, -0.05) is 12.1 Å². The van der Waals surface area contributed by atoms with E-state index in [1.54, 1.807) is 49.4 Å². The van der Waals surface area contributed by atoms with E-state index >= 15 is 0 Å². The summed E-state index contributed by atoms with van der Waals surface area (Å²) in [6.45, 7) is 3.56. The minimum atomic E-state index is -0.514. The summed E-state index contributed by atoms with van der Waals surface area (Å²) in [5, 5.41) is 12.2. The van der Waals surface area contributed by atoms with Gasteiger partial charge in [0, 0.05) is 16.9 Å². The molecule has 4 heteroatoms. The van der Waals surface area contributed by atoms with Crippen LogP contribution in [0.3, 0.4) is 0 Å². The third-order valence-electron chi connectivity index (χ3n) is 3.18. The van der Waals surface area contributed by atoms with Gasteiger partial charge in [-0.15, -0.1) is 0 Å². The van der Waals surface area contributed by atoms with Crippen molar-refractivity contribution in [3.8, 4) is 0 Å². The van der Waals surface area contributed by atoms with E-state index in [1.165, 1.54) is 0 Å². The Hall–Kier alpha value is -2.33. The number of carbonyl (C=O) groups is 1. The molecule has 0 saturated carbocycles. The Labute approximate surface area is 118 Å². The lowest BCUT2D eigenvalue weighted by atomic mass is 10.1. The summed E-state index contributed by atoms with van der Waals surface area (Å²) in [5.74, 6) is -0.183. The number of aliphatic hydroxyl groups excluding tert-OH is 1. The van der Waals surface area contributed by atoms with Crippen LogP contribution in [0.15, 0.2) is 42.5 Å². The molecule has 0 spiro atoms. The van der Waals surface area contributed by atoms with Gasteiger partial charge in [0.2, 0.25) is 0 Å². The minimum absolute atomic E-state index is 0.183. The van der Waals surface area contributed by atoms with Gasteiger partial charge >= 0.3 is 0 Å². The molecule has 0 aromatic heterocycles. The highest BCUT2D eigenvalue weighted by Gasteiger charge is 2.08. The molecule has 104 valence electrons. The molecule has 0 radical (unpaired) electrons. The lowest BCUT2D eigenvalue weighted by Gasteiger charge is -2.09. The van der Waals surface area contributed by atoms with Crippen LogP contribution in [0.25, 0.3) is 0 Å². The van der Waals surface area contributed by atoms with Crippen molar-refractivity contribution < 1.29 is 9.90 Å². The van der Waals surface area contributed by atoms with Crippen molar-refractivity contribution in [2.45, 2.75) is 20.0 Å². The average molecular weight is 270 g/mol. The van der Waals surface area contributed by atoms with Crippen LogP contribution in [0.5, 0.6) is 0 Å². The van der Waals surface area contributed by atoms with E-state index in [-0.39, 0.29) is 5.91 Å². The van der Waals surface area contributed by atoms with E-state index in [0.717, 1.165) is 11.1 Å². The topological polar surface area (TPSA) is 75.3 Å². The quantitative estimate of drug-likeness (QED) is 0.751. The van der Waals surface area contributed by atoms with Gasteiger partial charge in [0.25, 0.3) is 5.91 Å². The molecule has 4 N–H and O–H groups in total. The van der Waals surface area contributed by atoms with E-state index in [1.807, 2.05) is 6.92 Å².